The van der Waals surface area contributed by atoms with Crippen LogP contribution in [0.25, 0.3) is 4.96 Å². The highest BCUT2D eigenvalue weighted by Gasteiger charge is 2.11. The molecule has 0 spiro atoms. The van der Waals surface area contributed by atoms with Gasteiger partial charge in [0.25, 0.3) is 0 Å². The van der Waals surface area contributed by atoms with Crippen LogP contribution in [-0.2, 0) is 19.6 Å². The number of nitrogens with one attached hydrogen (secondary N) is 2. The van der Waals surface area contributed by atoms with Crippen LogP contribution < -0.4 is 10.6 Å². The van der Waals surface area contributed by atoms with Crippen molar-refractivity contribution in [2.75, 3.05) is 20.1 Å². The first-order valence-corrected chi connectivity index (χ1v) is 10.3. The van der Waals surface area contributed by atoms with Gasteiger partial charge in [0.2, 0.25) is 0 Å². The average molecular weight is 510 g/mol. The quantitative estimate of drug-likeness (QED) is 0.303. The first kappa shape index (κ1) is 21.1. The van der Waals surface area contributed by atoms with Gasteiger partial charge < -0.3 is 10.6 Å². The molecule has 0 aliphatic carbocycles. The van der Waals surface area contributed by atoms with E-state index >= 15 is 0 Å². The number of aliphatic imine (C=N–C) groups is 1. The number of benzene rings is 1. The van der Waals surface area contributed by atoms with Gasteiger partial charge in [0.05, 0.1) is 12.2 Å². The highest BCUT2D eigenvalue weighted by Crippen LogP contribution is 2.13. The van der Waals surface area contributed by atoms with Crippen molar-refractivity contribution < 1.29 is 0 Å². The number of thiazole rings is 1. The molecule has 6 nitrogen and oxygen atoms in total. The zero-order valence-electron chi connectivity index (χ0n) is 16.1. The lowest BCUT2D eigenvalue weighted by molar-refractivity contribution is 0.331. The van der Waals surface area contributed by atoms with Crippen LogP contribution in [0.2, 0.25) is 0 Å². The monoisotopic (exact) mass is 510 g/mol. The zero-order chi connectivity index (χ0) is 18.5. The van der Waals surface area contributed by atoms with E-state index in [1.54, 1.807) is 18.4 Å². The summed E-state index contributed by atoms with van der Waals surface area (Å²) in [6.07, 6.45) is 6.75. The van der Waals surface area contributed by atoms with Crippen LogP contribution in [0.3, 0.4) is 0 Å². The smallest absolute Gasteiger partial charge is 0.193 e. The number of likely N-dealkylation sites (tertiary alicyclic amines) is 1. The lowest BCUT2D eigenvalue weighted by atomic mass is 10.1. The highest BCUT2D eigenvalue weighted by molar-refractivity contribution is 14.0. The van der Waals surface area contributed by atoms with Crippen molar-refractivity contribution in [3.8, 4) is 0 Å². The Kier molecular flexibility index (Phi) is 7.69. The zero-order valence-corrected chi connectivity index (χ0v) is 19.2. The largest absolute Gasteiger partial charge is 0.352 e. The third-order valence-corrected chi connectivity index (χ3v) is 5.66. The maximum absolute atomic E-state index is 4.58. The Morgan fingerprint density at radius 1 is 1.11 bits per heavy atom. The summed E-state index contributed by atoms with van der Waals surface area (Å²) >= 11 is 1.64. The molecule has 28 heavy (non-hydrogen) atoms. The minimum Gasteiger partial charge on any atom is -0.352 e. The lowest BCUT2D eigenvalue weighted by Crippen LogP contribution is -2.36. The summed E-state index contributed by atoms with van der Waals surface area (Å²) in [7, 11) is 1.79. The summed E-state index contributed by atoms with van der Waals surface area (Å²) < 4.78 is 2.04. The fourth-order valence-corrected chi connectivity index (χ4v) is 4.12. The molecule has 1 aliphatic rings. The predicted octanol–water partition coefficient (Wildman–Crippen LogP) is 3.47. The van der Waals surface area contributed by atoms with Crippen molar-refractivity contribution in [2.45, 2.75) is 32.5 Å². The Morgan fingerprint density at radius 3 is 2.54 bits per heavy atom. The molecule has 8 heteroatoms. The van der Waals surface area contributed by atoms with Crippen molar-refractivity contribution in [2.24, 2.45) is 4.99 Å². The van der Waals surface area contributed by atoms with E-state index in [2.05, 4.69) is 49.8 Å². The molecule has 0 amide bonds. The van der Waals surface area contributed by atoms with E-state index in [1.165, 1.54) is 37.1 Å². The predicted molar refractivity (Wildman–Crippen MR) is 126 cm³/mol. The van der Waals surface area contributed by atoms with Gasteiger partial charge in [-0.05, 0) is 37.1 Å². The van der Waals surface area contributed by atoms with Crippen molar-refractivity contribution >= 4 is 46.2 Å². The van der Waals surface area contributed by atoms with Crippen LogP contribution in [0.4, 0.5) is 0 Å². The van der Waals surface area contributed by atoms with Crippen LogP contribution in [0.15, 0.2) is 47.0 Å². The maximum atomic E-state index is 4.58. The van der Waals surface area contributed by atoms with Gasteiger partial charge in [-0.25, -0.2) is 4.98 Å². The molecule has 1 aromatic carbocycles. The van der Waals surface area contributed by atoms with E-state index in [1.807, 2.05) is 22.2 Å². The fourth-order valence-electron chi connectivity index (χ4n) is 3.40. The second-order valence-corrected chi connectivity index (χ2v) is 7.78. The Labute approximate surface area is 187 Å². The summed E-state index contributed by atoms with van der Waals surface area (Å²) in [6, 6.07) is 8.89. The van der Waals surface area contributed by atoms with E-state index in [-0.39, 0.29) is 24.0 Å². The maximum Gasteiger partial charge on any atom is 0.193 e. The topological polar surface area (TPSA) is 57.0 Å². The third-order valence-electron chi connectivity index (χ3n) is 4.89. The molecule has 1 saturated heterocycles. The number of hydrogen-bond donors (Lipinski definition) is 2. The van der Waals surface area contributed by atoms with E-state index in [0.29, 0.717) is 6.54 Å². The number of imidazole rings is 1. The molecule has 3 heterocycles. The molecule has 2 N–H and O–H groups in total. The van der Waals surface area contributed by atoms with Gasteiger partial charge in [-0.3, -0.25) is 14.3 Å². The molecule has 1 fully saturated rings. The van der Waals surface area contributed by atoms with E-state index < -0.39 is 0 Å². The standard InChI is InChI=1S/C20H26N6S.HI/c1-21-19(23-13-18-15-26-10-11-27-20(26)24-18)22-12-16-4-6-17(7-5-16)14-25-8-2-3-9-25;/h4-7,10-11,15H,2-3,8-9,12-14H2,1H3,(H2,21,22,23);1H. The number of aromatic nitrogens is 2. The summed E-state index contributed by atoms with van der Waals surface area (Å²) in [5.74, 6) is 0.785. The van der Waals surface area contributed by atoms with Crippen molar-refractivity contribution in [3.63, 3.8) is 0 Å². The molecule has 3 aromatic rings. The van der Waals surface area contributed by atoms with E-state index in [0.717, 1.165) is 29.7 Å². The molecule has 4 rings (SSSR count). The average Bonchev–Trinajstić information content (AvgIpc) is 3.41. The van der Waals surface area contributed by atoms with Gasteiger partial charge in [-0.2, -0.15) is 0 Å². The Balaban J connectivity index is 0.00000225. The van der Waals surface area contributed by atoms with Gasteiger partial charge in [-0.15, -0.1) is 35.3 Å². The van der Waals surface area contributed by atoms with Gasteiger partial charge in [0.15, 0.2) is 10.9 Å². The SMILES string of the molecule is CN=C(NCc1ccc(CN2CCCC2)cc1)NCc1cn2ccsc2n1.I. The number of halogens is 1. The second kappa shape index (κ2) is 10.2. The number of rotatable bonds is 6. The van der Waals surface area contributed by atoms with Crippen molar-refractivity contribution in [1.29, 1.82) is 0 Å². The summed E-state index contributed by atoms with van der Waals surface area (Å²) in [6.45, 7) is 4.95. The molecule has 0 unspecified atom stereocenters. The van der Waals surface area contributed by atoms with Gasteiger partial charge in [-0.1, -0.05) is 24.3 Å². The highest BCUT2D eigenvalue weighted by atomic mass is 127. The number of fused-ring (bicyclic) bond motifs is 1. The first-order chi connectivity index (χ1) is 13.3. The van der Waals surface area contributed by atoms with Gasteiger partial charge >= 0.3 is 0 Å². The first-order valence-electron chi connectivity index (χ1n) is 9.46. The van der Waals surface area contributed by atoms with Crippen LogP contribution in [0, 0.1) is 0 Å². The molecule has 1 aliphatic heterocycles. The molecule has 150 valence electrons. The molecular formula is C20H27IN6S. The molecular weight excluding hydrogens is 483 g/mol. The molecule has 0 atom stereocenters. The van der Waals surface area contributed by atoms with Crippen LogP contribution >= 0.6 is 35.3 Å². The van der Waals surface area contributed by atoms with E-state index in [9.17, 15) is 0 Å². The van der Waals surface area contributed by atoms with E-state index in [4.69, 9.17) is 0 Å². The molecule has 0 radical (unpaired) electrons. The summed E-state index contributed by atoms with van der Waals surface area (Å²) in [5.41, 5.74) is 3.66. The van der Waals surface area contributed by atoms with Crippen LogP contribution in [-0.4, -0.2) is 40.4 Å². The Hall–Kier alpha value is -1.65. The third kappa shape index (κ3) is 5.45. The second-order valence-electron chi connectivity index (χ2n) is 6.90. The minimum atomic E-state index is 0. The minimum absolute atomic E-state index is 0. The fraction of sp³-hybridized carbons (Fsp3) is 0.400. The van der Waals surface area contributed by atoms with Gasteiger partial charge in [0.1, 0.15) is 0 Å². The van der Waals surface area contributed by atoms with Crippen molar-refractivity contribution in [3.05, 3.63) is 58.9 Å². The normalized spacial score (nSPS) is 15.0. The Bertz CT molecular complexity index is 866. The van der Waals surface area contributed by atoms with Crippen LogP contribution in [0.5, 0.6) is 0 Å². The number of nitrogens with zero attached hydrogens (tertiary/aromatic N) is 4. The van der Waals surface area contributed by atoms with Crippen LogP contribution in [0.1, 0.15) is 29.7 Å². The number of guanidine groups is 1. The lowest BCUT2D eigenvalue weighted by Gasteiger charge is -2.15. The van der Waals surface area contributed by atoms with Crippen molar-refractivity contribution in [1.82, 2.24) is 24.9 Å². The summed E-state index contributed by atoms with van der Waals surface area (Å²) in [5, 5.41) is 8.74. The molecule has 2 aromatic heterocycles. The molecule has 0 bridgehead atoms. The Morgan fingerprint density at radius 2 is 1.82 bits per heavy atom. The molecule has 0 saturated carbocycles. The number of hydrogen-bond acceptors (Lipinski definition) is 4. The summed E-state index contributed by atoms with van der Waals surface area (Å²) in [4.78, 5) is 12.4. The van der Waals surface area contributed by atoms with Gasteiger partial charge in [0, 0.05) is 37.9 Å².